The first-order valence-corrected chi connectivity index (χ1v) is 7.05. The van der Waals surface area contributed by atoms with Crippen LogP contribution >= 0.6 is 0 Å². The summed E-state index contributed by atoms with van der Waals surface area (Å²) in [4.78, 5) is 8.61. The van der Waals surface area contributed by atoms with Gasteiger partial charge in [0.1, 0.15) is 5.69 Å². The van der Waals surface area contributed by atoms with E-state index in [-0.39, 0.29) is 0 Å². The van der Waals surface area contributed by atoms with E-state index in [9.17, 15) is 0 Å². The zero-order valence-electron chi connectivity index (χ0n) is 11.9. The molecule has 1 aromatic heterocycles. The van der Waals surface area contributed by atoms with Crippen LogP contribution in [0.3, 0.4) is 0 Å². The molecule has 1 aromatic carbocycles. The van der Waals surface area contributed by atoms with Gasteiger partial charge in [-0.05, 0) is 36.6 Å². The highest BCUT2D eigenvalue weighted by molar-refractivity contribution is 5.66. The van der Waals surface area contributed by atoms with E-state index in [4.69, 9.17) is 4.74 Å². The molecule has 1 aliphatic rings. The van der Waals surface area contributed by atoms with Crippen molar-refractivity contribution in [3.05, 3.63) is 41.7 Å². The van der Waals surface area contributed by atoms with Crippen LogP contribution in [-0.4, -0.2) is 23.6 Å². The molecule has 0 radical (unpaired) electrons. The van der Waals surface area contributed by atoms with Crippen LogP contribution in [-0.2, 0) is 6.42 Å². The number of rotatable bonds is 4. The molecule has 1 heterocycles. The summed E-state index contributed by atoms with van der Waals surface area (Å²) in [5.41, 5.74) is 4.70. The van der Waals surface area contributed by atoms with E-state index < -0.39 is 0 Å². The van der Waals surface area contributed by atoms with E-state index in [0.717, 1.165) is 24.2 Å². The molecule has 1 atom stereocenters. The average Bonchev–Trinajstić information content (AvgIpc) is 2.90. The highest BCUT2D eigenvalue weighted by atomic mass is 16.5. The highest BCUT2D eigenvalue weighted by Crippen LogP contribution is 2.35. The van der Waals surface area contributed by atoms with Crippen molar-refractivity contribution >= 4 is 0 Å². The second-order valence-electron chi connectivity index (χ2n) is 4.98. The van der Waals surface area contributed by atoms with Crippen LogP contribution in [0, 0.1) is 0 Å². The van der Waals surface area contributed by atoms with Crippen molar-refractivity contribution in [3.63, 3.8) is 0 Å². The summed E-state index contributed by atoms with van der Waals surface area (Å²) < 4.78 is 5.29. The van der Waals surface area contributed by atoms with Crippen molar-refractivity contribution in [2.75, 3.05) is 13.7 Å². The number of fused-ring (bicyclic) bond motifs is 1. The van der Waals surface area contributed by atoms with Crippen LogP contribution in [0.5, 0.6) is 5.88 Å². The monoisotopic (exact) mass is 269 g/mol. The molecule has 3 rings (SSSR count). The predicted molar refractivity (Wildman–Crippen MR) is 78.8 cm³/mol. The van der Waals surface area contributed by atoms with Crippen LogP contribution in [0.2, 0.25) is 0 Å². The molecule has 1 aliphatic carbocycles. The summed E-state index contributed by atoms with van der Waals surface area (Å²) in [5, 5.41) is 3.53. The van der Waals surface area contributed by atoms with Gasteiger partial charge >= 0.3 is 0 Å². The zero-order chi connectivity index (χ0) is 13.9. The van der Waals surface area contributed by atoms with Crippen LogP contribution in [0.15, 0.2) is 30.6 Å². The molecule has 0 fully saturated rings. The summed E-state index contributed by atoms with van der Waals surface area (Å²) in [7, 11) is 1.63. The predicted octanol–water partition coefficient (Wildman–Crippen LogP) is 2.75. The Morgan fingerprint density at radius 3 is 2.95 bits per heavy atom. The molecule has 1 N–H and O–H groups in total. The lowest BCUT2D eigenvalue weighted by Gasteiger charge is -2.13. The maximum atomic E-state index is 5.29. The topological polar surface area (TPSA) is 47.0 Å². The summed E-state index contributed by atoms with van der Waals surface area (Å²) in [6.45, 7) is 3.15. The minimum Gasteiger partial charge on any atom is -0.479 e. The van der Waals surface area contributed by atoms with Crippen molar-refractivity contribution in [1.29, 1.82) is 0 Å². The van der Waals surface area contributed by atoms with Gasteiger partial charge < -0.3 is 10.1 Å². The molecule has 0 saturated heterocycles. The molecule has 20 heavy (non-hydrogen) atoms. The Bertz CT molecular complexity index is 612. The molecule has 4 heteroatoms. The first-order chi connectivity index (χ1) is 9.83. The van der Waals surface area contributed by atoms with E-state index >= 15 is 0 Å². The fraction of sp³-hybridized carbons (Fsp3) is 0.375. The number of ether oxygens (including phenoxy) is 1. The van der Waals surface area contributed by atoms with E-state index in [1.54, 1.807) is 19.5 Å². The van der Waals surface area contributed by atoms with Crippen molar-refractivity contribution in [2.45, 2.75) is 25.8 Å². The molecule has 0 spiro atoms. The number of hydrogen-bond donors (Lipinski definition) is 1. The third-order valence-electron chi connectivity index (χ3n) is 3.80. The summed E-state index contributed by atoms with van der Waals surface area (Å²) in [6, 6.07) is 7.03. The van der Waals surface area contributed by atoms with E-state index in [1.807, 2.05) is 0 Å². The standard InChI is InChI=1S/C16H19N3O/c1-3-17-14-7-5-11-10-12(4-6-13(11)14)15-16(20-2)19-9-8-18-15/h4,6,8-10,14,17H,3,5,7H2,1-2H3. The largest absolute Gasteiger partial charge is 0.479 e. The average molecular weight is 269 g/mol. The molecule has 4 nitrogen and oxygen atoms in total. The Kier molecular flexibility index (Phi) is 3.65. The third kappa shape index (κ3) is 2.27. The van der Waals surface area contributed by atoms with Gasteiger partial charge in [-0.3, -0.25) is 0 Å². The molecule has 0 saturated carbocycles. The van der Waals surface area contributed by atoms with Crippen molar-refractivity contribution < 1.29 is 4.74 Å². The third-order valence-corrected chi connectivity index (χ3v) is 3.80. The van der Waals surface area contributed by atoms with Gasteiger partial charge in [0.15, 0.2) is 0 Å². The maximum absolute atomic E-state index is 5.29. The first kappa shape index (κ1) is 13.1. The Hall–Kier alpha value is -1.94. The van der Waals surface area contributed by atoms with Gasteiger partial charge in [-0.15, -0.1) is 0 Å². The first-order valence-electron chi connectivity index (χ1n) is 7.05. The zero-order valence-corrected chi connectivity index (χ0v) is 11.9. The number of aryl methyl sites for hydroxylation is 1. The number of nitrogens with zero attached hydrogens (tertiary/aromatic N) is 2. The molecular weight excluding hydrogens is 250 g/mol. The van der Waals surface area contributed by atoms with E-state index in [1.165, 1.54) is 17.5 Å². The molecule has 0 amide bonds. The minimum absolute atomic E-state index is 0.493. The van der Waals surface area contributed by atoms with Crippen LogP contribution < -0.4 is 10.1 Å². The van der Waals surface area contributed by atoms with Gasteiger partial charge in [0.05, 0.1) is 7.11 Å². The van der Waals surface area contributed by atoms with Crippen molar-refractivity contribution in [2.24, 2.45) is 0 Å². The number of benzene rings is 1. The quantitative estimate of drug-likeness (QED) is 0.927. The Labute approximate surface area is 119 Å². The molecule has 0 aliphatic heterocycles. The molecule has 0 bridgehead atoms. The van der Waals surface area contributed by atoms with Gasteiger partial charge in [0.25, 0.3) is 0 Å². The van der Waals surface area contributed by atoms with Gasteiger partial charge in [-0.1, -0.05) is 19.1 Å². The van der Waals surface area contributed by atoms with Gasteiger partial charge in [0, 0.05) is 24.0 Å². The van der Waals surface area contributed by atoms with E-state index in [0.29, 0.717) is 11.9 Å². The highest BCUT2D eigenvalue weighted by Gasteiger charge is 2.22. The summed E-state index contributed by atoms with van der Waals surface area (Å²) >= 11 is 0. The van der Waals surface area contributed by atoms with Crippen LogP contribution in [0.25, 0.3) is 11.3 Å². The Morgan fingerprint density at radius 1 is 1.30 bits per heavy atom. The fourth-order valence-corrected chi connectivity index (χ4v) is 2.90. The van der Waals surface area contributed by atoms with Crippen LogP contribution in [0.4, 0.5) is 0 Å². The maximum Gasteiger partial charge on any atom is 0.240 e. The van der Waals surface area contributed by atoms with Crippen LogP contribution in [0.1, 0.15) is 30.5 Å². The Balaban J connectivity index is 1.98. The van der Waals surface area contributed by atoms with Gasteiger partial charge in [0.2, 0.25) is 5.88 Å². The van der Waals surface area contributed by atoms with Gasteiger partial charge in [-0.2, -0.15) is 0 Å². The second kappa shape index (κ2) is 5.59. The number of methoxy groups -OCH3 is 1. The normalized spacial score (nSPS) is 17.0. The van der Waals surface area contributed by atoms with Crippen molar-refractivity contribution in [3.8, 4) is 17.1 Å². The minimum atomic E-state index is 0.493. The molecule has 1 unspecified atom stereocenters. The van der Waals surface area contributed by atoms with Gasteiger partial charge in [-0.25, -0.2) is 9.97 Å². The molecular formula is C16H19N3O. The SMILES string of the molecule is CCNC1CCc2cc(-c3nccnc3OC)ccc21. The second-order valence-corrected chi connectivity index (χ2v) is 4.98. The van der Waals surface area contributed by atoms with Crippen molar-refractivity contribution in [1.82, 2.24) is 15.3 Å². The fourth-order valence-electron chi connectivity index (χ4n) is 2.90. The molecule has 2 aromatic rings. The Morgan fingerprint density at radius 2 is 2.15 bits per heavy atom. The lowest BCUT2D eigenvalue weighted by molar-refractivity contribution is 0.398. The summed E-state index contributed by atoms with van der Waals surface area (Å²) in [6.07, 6.45) is 5.64. The molecule has 104 valence electrons. The number of hydrogen-bond acceptors (Lipinski definition) is 4. The lowest BCUT2D eigenvalue weighted by atomic mass is 10.0. The number of nitrogens with one attached hydrogen (secondary N) is 1. The summed E-state index contributed by atoms with van der Waals surface area (Å²) in [5.74, 6) is 0.577. The number of aromatic nitrogens is 2. The smallest absolute Gasteiger partial charge is 0.240 e. The lowest BCUT2D eigenvalue weighted by Crippen LogP contribution is -2.18. The van der Waals surface area contributed by atoms with E-state index in [2.05, 4.69) is 40.4 Å².